The molecule has 1 aliphatic carbocycles. The topological polar surface area (TPSA) is 88.7 Å². The van der Waals surface area contributed by atoms with Gasteiger partial charge in [0.1, 0.15) is 24.1 Å². The summed E-state index contributed by atoms with van der Waals surface area (Å²) in [5.41, 5.74) is 2.25. The zero-order valence-corrected chi connectivity index (χ0v) is 16.1. The number of fused-ring (bicyclic) bond motifs is 2. The number of alkyl halides is 1. The third kappa shape index (κ3) is 3.90. The molecule has 4 rings (SSSR count). The Bertz CT molecular complexity index is 1040. The number of carbonyl (C=O) groups is 1. The Morgan fingerprint density at radius 1 is 1.17 bits per heavy atom. The molecule has 2 aromatic carbocycles. The Morgan fingerprint density at radius 2 is 1.90 bits per heavy atom. The molecule has 2 fully saturated rings. The first-order valence-electron chi connectivity index (χ1n) is 9.87. The molecule has 2 aromatic rings. The van der Waals surface area contributed by atoms with E-state index in [-0.39, 0.29) is 23.4 Å². The Balaban J connectivity index is 1.39. The molecule has 7 heteroatoms. The zero-order chi connectivity index (χ0) is 21.3. The molecule has 5 atom stereocenters. The molecule has 1 aliphatic heterocycles. The summed E-state index contributed by atoms with van der Waals surface area (Å²) >= 11 is 0. The second kappa shape index (κ2) is 8.22. The fourth-order valence-electron chi connectivity index (χ4n) is 4.39. The molecule has 2 bridgehead atoms. The number of rotatable bonds is 5. The molecule has 4 unspecified atom stereocenters. The Labute approximate surface area is 173 Å². The summed E-state index contributed by atoms with van der Waals surface area (Å²) in [4.78, 5) is 12.5. The van der Waals surface area contributed by atoms with Crippen molar-refractivity contribution >= 4 is 5.91 Å². The van der Waals surface area contributed by atoms with Gasteiger partial charge in [-0.2, -0.15) is 10.5 Å². The molecule has 1 saturated carbocycles. The number of halogens is 2. The van der Waals surface area contributed by atoms with Crippen molar-refractivity contribution in [2.45, 2.75) is 43.6 Å². The minimum atomic E-state index is -0.966. The fraction of sp³-hybridized carbons (Fsp3) is 0.348. The Hall–Kier alpha value is -3.29. The van der Waals surface area contributed by atoms with Gasteiger partial charge < -0.3 is 10.6 Å². The lowest BCUT2D eigenvalue weighted by Gasteiger charge is -2.26. The van der Waals surface area contributed by atoms with Crippen LogP contribution < -0.4 is 10.6 Å². The van der Waals surface area contributed by atoms with Gasteiger partial charge in [0.05, 0.1) is 17.7 Å². The van der Waals surface area contributed by atoms with Crippen LogP contribution in [0.15, 0.2) is 42.5 Å². The van der Waals surface area contributed by atoms with E-state index in [2.05, 4.69) is 16.7 Å². The van der Waals surface area contributed by atoms with Crippen molar-refractivity contribution in [2.75, 3.05) is 0 Å². The minimum Gasteiger partial charge on any atom is -0.339 e. The predicted octanol–water partition coefficient (Wildman–Crippen LogP) is 3.00. The van der Waals surface area contributed by atoms with Gasteiger partial charge in [-0.1, -0.05) is 30.3 Å². The largest absolute Gasteiger partial charge is 0.339 e. The van der Waals surface area contributed by atoms with E-state index in [0.29, 0.717) is 24.8 Å². The van der Waals surface area contributed by atoms with Gasteiger partial charge in [-0.25, -0.2) is 8.78 Å². The molecule has 0 spiro atoms. The summed E-state index contributed by atoms with van der Waals surface area (Å²) in [6, 6.07) is 14.3. The molecule has 0 aromatic heterocycles. The van der Waals surface area contributed by atoms with Crippen LogP contribution in [0.25, 0.3) is 11.1 Å². The van der Waals surface area contributed by atoms with Gasteiger partial charge in [0.25, 0.3) is 0 Å². The predicted molar refractivity (Wildman–Crippen MR) is 106 cm³/mol. The minimum absolute atomic E-state index is 0.00738. The summed E-state index contributed by atoms with van der Waals surface area (Å²) < 4.78 is 27.8. The zero-order valence-electron chi connectivity index (χ0n) is 16.1. The van der Waals surface area contributed by atoms with E-state index in [4.69, 9.17) is 5.26 Å². The lowest BCUT2D eigenvalue weighted by atomic mass is 9.96. The highest BCUT2D eigenvalue weighted by molar-refractivity contribution is 5.83. The van der Waals surface area contributed by atoms with E-state index in [9.17, 15) is 18.8 Å². The van der Waals surface area contributed by atoms with Gasteiger partial charge in [0, 0.05) is 18.4 Å². The van der Waals surface area contributed by atoms with Crippen molar-refractivity contribution in [3.63, 3.8) is 0 Å². The van der Waals surface area contributed by atoms with E-state index in [0.717, 1.165) is 11.1 Å². The van der Waals surface area contributed by atoms with E-state index in [1.54, 1.807) is 24.3 Å². The average molecular weight is 406 g/mol. The quantitative estimate of drug-likeness (QED) is 0.799. The normalized spacial score (nSPS) is 25.3. The fourth-order valence-corrected chi connectivity index (χ4v) is 4.39. The van der Waals surface area contributed by atoms with Crippen LogP contribution >= 0.6 is 0 Å². The first kappa shape index (κ1) is 20.0. The molecular formula is C23H20F2N4O. The number of amides is 1. The van der Waals surface area contributed by atoms with Crippen molar-refractivity contribution in [2.24, 2.45) is 5.92 Å². The van der Waals surface area contributed by atoms with Crippen molar-refractivity contribution in [3.8, 4) is 23.3 Å². The third-order valence-corrected chi connectivity index (χ3v) is 5.95. The van der Waals surface area contributed by atoms with Gasteiger partial charge in [-0.3, -0.25) is 4.79 Å². The van der Waals surface area contributed by atoms with Gasteiger partial charge in [-0.15, -0.1) is 0 Å². The number of piperidine rings is 1. The standard InChI is InChI=1S/C23H20F2N4O/c24-20-8-15(5-6-16(20)11-26)14-3-1-13(2-4-14)7-18(12-27)29-23(30)22-19-9-17(28-22)10-21(19)25/h1-6,8,17-19,21-22,28H,7,9-10H2,(H,29,30)/t17?,18-,19?,21?,22?/m0/s1. The molecule has 1 heterocycles. The molecule has 1 saturated heterocycles. The number of nitriles is 2. The number of benzene rings is 2. The van der Waals surface area contributed by atoms with Gasteiger partial charge in [0.15, 0.2) is 0 Å². The summed E-state index contributed by atoms with van der Waals surface area (Å²) in [5, 5.41) is 24.1. The maximum atomic E-state index is 13.9. The highest BCUT2D eigenvalue weighted by Gasteiger charge is 2.49. The summed E-state index contributed by atoms with van der Waals surface area (Å²) in [7, 11) is 0. The van der Waals surface area contributed by atoms with Crippen molar-refractivity contribution < 1.29 is 13.6 Å². The second-order valence-electron chi connectivity index (χ2n) is 7.89. The van der Waals surface area contributed by atoms with E-state index in [1.165, 1.54) is 12.1 Å². The summed E-state index contributed by atoms with van der Waals surface area (Å²) in [6.45, 7) is 0. The summed E-state index contributed by atoms with van der Waals surface area (Å²) in [5.74, 6) is -1.22. The smallest absolute Gasteiger partial charge is 0.238 e. The highest BCUT2D eigenvalue weighted by Crippen LogP contribution is 2.37. The van der Waals surface area contributed by atoms with Gasteiger partial charge in [-0.05, 0) is 41.7 Å². The molecule has 30 heavy (non-hydrogen) atoms. The third-order valence-electron chi connectivity index (χ3n) is 5.95. The molecular weight excluding hydrogens is 386 g/mol. The number of nitrogens with one attached hydrogen (secondary N) is 2. The van der Waals surface area contributed by atoms with Gasteiger partial charge >= 0.3 is 0 Å². The van der Waals surface area contributed by atoms with Crippen LogP contribution in [0.2, 0.25) is 0 Å². The van der Waals surface area contributed by atoms with Crippen LogP contribution in [0, 0.1) is 34.4 Å². The number of hydrogen-bond donors (Lipinski definition) is 2. The van der Waals surface area contributed by atoms with E-state index >= 15 is 0 Å². The first-order valence-corrected chi connectivity index (χ1v) is 9.87. The van der Waals surface area contributed by atoms with Crippen LogP contribution in [0.3, 0.4) is 0 Å². The molecule has 1 amide bonds. The number of hydrogen-bond acceptors (Lipinski definition) is 4. The van der Waals surface area contributed by atoms with E-state index < -0.39 is 24.1 Å². The van der Waals surface area contributed by atoms with Gasteiger partial charge in [0.2, 0.25) is 5.91 Å². The van der Waals surface area contributed by atoms with Crippen LogP contribution in [-0.4, -0.2) is 30.2 Å². The Morgan fingerprint density at radius 3 is 2.50 bits per heavy atom. The van der Waals surface area contributed by atoms with Crippen molar-refractivity contribution in [1.29, 1.82) is 10.5 Å². The monoisotopic (exact) mass is 406 g/mol. The number of nitrogens with zero attached hydrogens (tertiary/aromatic N) is 2. The lowest BCUT2D eigenvalue weighted by Crippen LogP contribution is -2.52. The SMILES string of the molecule is N#Cc1ccc(-c2ccc(C[C@@H](C#N)NC(=O)C3NC4CC(F)C3C4)cc2)cc1F. The summed E-state index contributed by atoms with van der Waals surface area (Å²) in [6.07, 6.45) is 0.455. The van der Waals surface area contributed by atoms with E-state index in [1.807, 2.05) is 12.1 Å². The molecule has 5 nitrogen and oxygen atoms in total. The molecule has 2 N–H and O–H groups in total. The molecule has 2 aliphatic rings. The van der Waals surface area contributed by atoms with Crippen LogP contribution in [0.1, 0.15) is 24.0 Å². The highest BCUT2D eigenvalue weighted by atomic mass is 19.1. The maximum Gasteiger partial charge on any atom is 0.238 e. The Kier molecular flexibility index (Phi) is 5.48. The van der Waals surface area contributed by atoms with Crippen LogP contribution in [0.4, 0.5) is 8.78 Å². The molecule has 152 valence electrons. The van der Waals surface area contributed by atoms with Crippen LogP contribution in [-0.2, 0) is 11.2 Å². The average Bonchev–Trinajstić information content (AvgIpc) is 3.33. The maximum absolute atomic E-state index is 13.9. The molecule has 0 radical (unpaired) electrons. The first-order chi connectivity index (χ1) is 14.5. The number of carbonyl (C=O) groups excluding carboxylic acids is 1. The second-order valence-corrected chi connectivity index (χ2v) is 7.89. The lowest BCUT2D eigenvalue weighted by molar-refractivity contribution is -0.125. The van der Waals surface area contributed by atoms with Crippen molar-refractivity contribution in [3.05, 3.63) is 59.4 Å². The van der Waals surface area contributed by atoms with Crippen LogP contribution in [0.5, 0.6) is 0 Å². The van der Waals surface area contributed by atoms with Crippen molar-refractivity contribution in [1.82, 2.24) is 10.6 Å².